The molecule has 3 aliphatic rings. The van der Waals surface area contributed by atoms with E-state index in [0.717, 1.165) is 31.5 Å². The van der Waals surface area contributed by atoms with Gasteiger partial charge in [0.15, 0.2) is 5.96 Å². The number of hydrogen-bond acceptors (Lipinski definition) is 1. The highest BCUT2D eigenvalue weighted by Gasteiger charge is 2.53. The zero-order valence-corrected chi connectivity index (χ0v) is 13.6. The number of rotatable bonds is 3. The van der Waals surface area contributed by atoms with E-state index in [9.17, 15) is 0 Å². The Balaban J connectivity index is 0.00000120. The van der Waals surface area contributed by atoms with Crippen LogP contribution >= 0.6 is 24.0 Å². The molecule has 0 aromatic heterocycles. The Morgan fingerprint density at radius 2 is 1.72 bits per heavy atom. The first kappa shape index (κ1) is 14.4. The molecule has 0 unspecified atom stereocenters. The average Bonchev–Trinajstić information content (AvgIpc) is 3.23. The molecule has 3 rings (SSSR count). The minimum absolute atomic E-state index is 0. The van der Waals surface area contributed by atoms with Crippen LogP contribution in [-0.2, 0) is 0 Å². The highest BCUT2D eigenvalue weighted by atomic mass is 127. The van der Waals surface area contributed by atoms with Gasteiger partial charge in [-0.15, -0.1) is 24.0 Å². The van der Waals surface area contributed by atoms with Crippen molar-refractivity contribution in [1.29, 1.82) is 0 Å². The van der Waals surface area contributed by atoms with Crippen molar-refractivity contribution in [2.45, 2.75) is 51.4 Å². The molecular formula is C14H26IN3. The van der Waals surface area contributed by atoms with E-state index in [2.05, 4.69) is 4.90 Å². The predicted molar refractivity (Wildman–Crippen MR) is 86.3 cm³/mol. The van der Waals surface area contributed by atoms with Gasteiger partial charge in [-0.1, -0.05) is 12.8 Å². The van der Waals surface area contributed by atoms with Crippen LogP contribution < -0.4 is 5.73 Å². The molecule has 2 N–H and O–H groups in total. The Bertz CT molecular complexity index is 300. The van der Waals surface area contributed by atoms with Crippen LogP contribution in [0.25, 0.3) is 0 Å². The van der Waals surface area contributed by atoms with E-state index in [1.165, 1.54) is 51.4 Å². The van der Waals surface area contributed by atoms with Crippen LogP contribution in [0.5, 0.6) is 0 Å². The molecule has 0 aromatic rings. The molecular weight excluding hydrogens is 337 g/mol. The number of likely N-dealkylation sites (tertiary alicyclic amines) is 1. The summed E-state index contributed by atoms with van der Waals surface area (Å²) in [5, 5.41) is 0. The Morgan fingerprint density at radius 3 is 2.22 bits per heavy atom. The Labute approximate surface area is 128 Å². The number of hydrogen-bond donors (Lipinski definition) is 1. The Hall–Kier alpha value is 0. The molecule has 0 atom stereocenters. The van der Waals surface area contributed by atoms with Crippen molar-refractivity contribution in [2.24, 2.45) is 22.1 Å². The van der Waals surface area contributed by atoms with Crippen molar-refractivity contribution in [3.63, 3.8) is 0 Å². The second kappa shape index (κ2) is 5.97. The highest BCUT2D eigenvalue weighted by Crippen LogP contribution is 2.61. The molecule has 0 spiro atoms. The smallest absolute Gasteiger partial charge is 0.191 e. The summed E-state index contributed by atoms with van der Waals surface area (Å²) in [6.07, 6.45) is 11.0. The molecule has 2 aliphatic carbocycles. The third-order valence-electron chi connectivity index (χ3n) is 4.82. The minimum atomic E-state index is 0. The van der Waals surface area contributed by atoms with E-state index in [1.807, 2.05) is 0 Å². The number of nitrogens with zero attached hydrogens (tertiary/aromatic N) is 2. The van der Waals surface area contributed by atoms with Gasteiger partial charge >= 0.3 is 0 Å². The van der Waals surface area contributed by atoms with Crippen LogP contribution in [0.15, 0.2) is 4.99 Å². The molecule has 1 heterocycles. The van der Waals surface area contributed by atoms with E-state index in [1.54, 1.807) is 0 Å². The maximum Gasteiger partial charge on any atom is 0.191 e. The predicted octanol–water partition coefficient (Wildman–Crippen LogP) is 2.99. The van der Waals surface area contributed by atoms with Crippen LogP contribution in [0.2, 0.25) is 0 Å². The lowest BCUT2D eigenvalue weighted by molar-refractivity contribution is 0.415. The largest absolute Gasteiger partial charge is 0.370 e. The Kier molecular flexibility index (Phi) is 4.78. The van der Waals surface area contributed by atoms with Gasteiger partial charge in [0.2, 0.25) is 0 Å². The molecule has 2 saturated carbocycles. The van der Waals surface area contributed by atoms with Crippen molar-refractivity contribution >= 4 is 29.9 Å². The summed E-state index contributed by atoms with van der Waals surface area (Å²) in [7, 11) is 0. The van der Waals surface area contributed by atoms with Crippen molar-refractivity contribution in [1.82, 2.24) is 4.90 Å². The molecule has 0 aromatic carbocycles. The summed E-state index contributed by atoms with van der Waals surface area (Å²) in [5.74, 6) is 1.81. The van der Waals surface area contributed by atoms with E-state index in [0.29, 0.717) is 5.41 Å². The van der Waals surface area contributed by atoms with Gasteiger partial charge in [-0.3, -0.25) is 4.99 Å². The van der Waals surface area contributed by atoms with Gasteiger partial charge in [0, 0.05) is 19.6 Å². The van der Waals surface area contributed by atoms with E-state index < -0.39 is 0 Å². The fourth-order valence-electron chi connectivity index (χ4n) is 3.19. The topological polar surface area (TPSA) is 41.6 Å². The van der Waals surface area contributed by atoms with Crippen LogP contribution in [0.3, 0.4) is 0 Å². The van der Waals surface area contributed by atoms with E-state index >= 15 is 0 Å². The fraction of sp³-hybridized carbons (Fsp3) is 0.929. The van der Waals surface area contributed by atoms with Crippen molar-refractivity contribution < 1.29 is 0 Å². The molecule has 1 aliphatic heterocycles. The number of aliphatic imine (C=N–C) groups is 1. The third-order valence-corrected chi connectivity index (χ3v) is 4.82. The molecule has 104 valence electrons. The standard InChI is InChI=1S/C14H25N3.HI/c15-13(17-9-3-1-2-4-10-17)16-11-14(7-8-14)12-5-6-12;/h12H,1-11H2,(H2,15,16);1H. The summed E-state index contributed by atoms with van der Waals surface area (Å²) >= 11 is 0. The maximum atomic E-state index is 6.15. The molecule has 3 fully saturated rings. The Morgan fingerprint density at radius 1 is 1.11 bits per heavy atom. The molecule has 1 saturated heterocycles. The zero-order valence-electron chi connectivity index (χ0n) is 11.2. The second-order valence-electron chi connectivity index (χ2n) is 6.21. The lowest BCUT2D eigenvalue weighted by Crippen LogP contribution is -2.38. The van der Waals surface area contributed by atoms with Crippen molar-refractivity contribution in [3.8, 4) is 0 Å². The first-order valence-corrected chi connectivity index (χ1v) is 7.35. The first-order chi connectivity index (χ1) is 8.30. The molecule has 3 nitrogen and oxygen atoms in total. The molecule has 0 amide bonds. The average molecular weight is 363 g/mol. The van der Waals surface area contributed by atoms with E-state index in [-0.39, 0.29) is 24.0 Å². The molecule has 0 radical (unpaired) electrons. The van der Waals surface area contributed by atoms with Crippen LogP contribution in [-0.4, -0.2) is 30.5 Å². The lowest BCUT2D eigenvalue weighted by atomic mass is 10.0. The number of halogens is 1. The minimum Gasteiger partial charge on any atom is -0.370 e. The summed E-state index contributed by atoms with van der Waals surface area (Å²) < 4.78 is 0. The molecule has 4 heteroatoms. The summed E-state index contributed by atoms with van der Waals surface area (Å²) in [6.45, 7) is 3.23. The van der Waals surface area contributed by atoms with Crippen LogP contribution in [0.1, 0.15) is 51.4 Å². The summed E-state index contributed by atoms with van der Waals surface area (Å²) in [6, 6.07) is 0. The molecule has 18 heavy (non-hydrogen) atoms. The number of guanidine groups is 1. The summed E-state index contributed by atoms with van der Waals surface area (Å²) in [5.41, 5.74) is 6.74. The quantitative estimate of drug-likeness (QED) is 0.476. The van der Waals surface area contributed by atoms with Gasteiger partial charge in [-0.2, -0.15) is 0 Å². The van der Waals surface area contributed by atoms with Gasteiger partial charge in [0.05, 0.1) is 0 Å². The maximum absolute atomic E-state index is 6.15. The van der Waals surface area contributed by atoms with Crippen LogP contribution in [0, 0.1) is 11.3 Å². The van der Waals surface area contributed by atoms with Gasteiger partial charge in [0.25, 0.3) is 0 Å². The first-order valence-electron chi connectivity index (χ1n) is 7.35. The second-order valence-corrected chi connectivity index (χ2v) is 6.21. The highest BCUT2D eigenvalue weighted by molar-refractivity contribution is 14.0. The van der Waals surface area contributed by atoms with Gasteiger partial charge in [0.1, 0.15) is 0 Å². The fourth-order valence-corrected chi connectivity index (χ4v) is 3.19. The monoisotopic (exact) mass is 363 g/mol. The lowest BCUT2D eigenvalue weighted by Gasteiger charge is -2.22. The summed E-state index contributed by atoms with van der Waals surface area (Å²) in [4.78, 5) is 7.01. The van der Waals surface area contributed by atoms with Gasteiger partial charge < -0.3 is 10.6 Å². The van der Waals surface area contributed by atoms with Crippen molar-refractivity contribution in [2.75, 3.05) is 19.6 Å². The zero-order chi connectivity index (χ0) is 11.7. The van der Waals surface area contributed by atoms with Crippen molar-refractivity contribution in [3.05, 3.63) is 0 Å². The van der Waals surface area contributed by atoms with Gasteiger partial charge in [-0.05, 0) is 49.9 Å². The van der Waals surface area contributed by atoms with Gasteiger partial charge in [-0.25, -0.2) is 0 Å². The third kappa shape index (κ3) is 3.31. The number of nitrogens with two attached hydrogens (primary N) is 1. The van der Waals surface area contributed by atoms with Crippen LogP contribution in [0.4, 0.5) is 0 Å². The molecule has 0 bridgehead atoms. The SMILES string of the molecule is I.NC(=NCC1(C2CC2)CC1)N1CCCCCC1. The van der Waals surface area contributed by atoms with E-state index in [4.69, 9.17) is 10.7 Å². The normalized spacial score (nSPS) is 27.3.